The van der Waals surface area contributed by atoms with Crippen molar-refractivity contribution in [1.29, 1.82) is 0 Å². The smallest absolute Gasteiger partial charge is 0.301 e. The monoisotopic (exact) mass is 635 g/mol. The van der Waals surface area contributed by atoms with Crippen LogP contribution in [0.1, 0.15) is 42.1 Å². The van der Waals surface area contributed by atoms with Crippen LogP contribution in [0.2, 0.25) is 0 Å². The Hall–Kier alpha value is -4.67. The lowest BCUT2D eigenvalue weighted by molar-refractivity contribution is -0.132. The molecule has 2 atom stereocenters. The SMILES string of the molecule is CCOc1cccc(C2/C(=C(/O)c3ccc4c(c3)CC(C)O4)C(=O)C(=O)N2c2nnc(SCc3cccc4ccccc34)s2)c1. The number of fused-ring (bicyclic) bond motifs is 2. The highest BCUT2D eigenvalue weighted by atomic mass is 32.2. The third kappa shape index (κ3) is 5.44. The van der Waals surface area contributed by atoms with Gasteiger partial charge in [-0.05, 0) is 71.6 Å². The molecule has 0 saturated carbocycles. The summed E-state index contributed by atoms with van der Waals surface area (Å²) in [6, 6.07) is 26.0. The fraction of sp³-hybridized carbons (Fsp3) is 0.200. The Balaban J connectivity index is 1.26. The first-order valence-electron chi connectivity index (χ1n) is 14.7. The summed E-state index contributed by atoms with van der Waals surface area (Å²) in [6.45, 7) is 4.32. The largest absolute Gasteiger partial charge is 0.507 e. The summed E-state index contributed by atoms with van der Waals surface area (Å²) in [7, 11) is 0. The number of ether oxygens (including phenoxy) is 2. The normalized spacial score (nSPS) is 18.8. The molecule has 2 unspecified atom stereocenters. The molecule has 1 saturated heterocycles. The number of thioether (sulfide) groups is 1. The number of rotatable bonds is 8. The van der Waals surface area contributed by atoms with Gasteiger partial charge in [0, 0.05) is 17.7 Å². The van der Waals surface area contributed by atoms with Gasteiger partial charge in [-0.3, -0.25) is 14.5 Å². The zero-order chi connectivity index (χ0) is 31.1. The van der Waals surface area contributed by atoms with E-state index >= 15 is 0 Å². The summed E-state index contributed by atoms with van der Waals surface area (Å²) < 4.78 is 12.2. The number of aromatic nitrogens is 2. The zero-order valence-electron chi connectivity index (χ0n) is 24.6. The molecule has 3 heterocycles. The van der Waals surface area contributed by atoms with Gasteiger partial charge in [0.15, 0.2) is 4.34 Å². The molecule has 1 aromatic heterocycles. The van der Waals surface area contributed by atoms with Crippen molar-refractivity contribution in [3.63, 3.8) is 0 Å². The Bertz CT molecular complexity index is 1980. The zero-order valence-corrected chi connectivity index (χ0v) is 26.2. The van der Waals surface area contributed by atoms with Gasteiger partial charge in [0.25, 0.3) is 5.78 Å². The lowest BCUT2D eigenvalue weighted by Crippen LogP contribution is -2.29. The summed E-state index contributed by atoms with van der Waals surface area (Å²) in [4.78, 5) is 28.8. The van der Waals surface area contributed by atoms with E-state index in [0.717, 1.165) is 22.3 Å². The molecule has 1 N–H and O–H groups in total. The minimum Gasteiger partial charge on any atom is -0.507 e. The minimum absolute atomic E-state index is 0.0132. The molecule has 0 radical (unpaired) electrons. The highest BCUT2D eigenvalue weighted by Gasteiger charge is 2.48. The number of hydrogen-bond acceptors (Lipinski definition) is 9. The van der Waals surface area contributed by atoms with E-state index in [1.54, 1.807) is 24.3 Å². The standard InChI is InChI=1S/C35H29N3O5S2/c1-3-42-26-12-7-10-22(18-26)30-29(31(39)23-14-15-28-25(17-23)16-20(2)43-28)32(40)33(41)38(30)34-36-37-35(45-34)44-19-24-11-6-9-21-8-4-5-13-27(21)24/h4-15,17-18,20,30,39H,3,16,19H2,1-2H3/b31-29-. The molecule has 5 aromatic rings. The van der Waals surface area contributed by atoms with E-state index in [-0.39, 0.29) is 22.6 Å². The number of benzene rings is 4. The van der Waals surface area contributed by atoms with Crippen LogP contribution in [0.25, 0.3) is 16.5 Å². The molecule has 0 bridgehead atoms. The number of Topliss-reactive ketones (excluding diaryl/α,β-unsaturated/α-hetero) is 1. The first-order valence-corrected chi connectivity index (χ1v) is 16.5. The van der Waals surface area contributed by atoms with Crippen LogP contribution in [0.3, 0.4) is 0 Å². The Morgan fingerprint density at radius 2 is 1.87 bits per heavy atom. The Morgan fingerprint density at radius 3 is 2.73 bits per heavy atom. The van der Waals surface area contributed by atoms with Crippen LogP contribution in [0.4, 0.5) is 5.13 Å². The Morgan fingerprint density at radius 1 is 1.04 bits per heavy atom. The summed E-state index contributed by atoms with van der Waals surface area (Å²) in [5.74, 6) is 0.193. The molecule has 8 nitrogen and oxygen atoms in total. The van der Waals surface area contributed by atoms with Crippen molar-refractivity contribution in [2.24, 2.45) is 0 Å². The topological polar surface area (TPSA) is 102 Å². The van der Waals surface area contributed by atoms with Crippen LogP contribution in [0.5, 0.6) is 11.5 Å². The average Bonchev–Trinajstić information content (AvgIpc) is 3.74. The van der Waals surface area contributed by atoms with Crippen molar-refractivity contribution in [3.05, 3.63) is 113 Å². The number of hydrogen-bond donors (Lipinski definition) is 1. The van der Waals surface area contributed by atoms with E-state index < -0.39 is 17.7 Å². The number of aliphatic hydroxyl groups excluding tert-OH is 1. The van der Waals surface area contributed by atoms with Crippen molar-refractivity contribution in [1.82, 2.24) is 10.2 Å². The number of carbonyl (C=O) groups is 2. The molecular formula is C35H29N3O5S2. The van der Waals surface area contributed by atoms with Crippen LogP contribution < -0.4 is 14.4 Å². The first kappa shape index (κ1) is 29.1. The maximum Gasteiger partial charge on any atom is 0.301 e. The van der Waals surface area contributed by atoms with Crippen LogP contribution in [-0.2, 0) is 21.8 Å². The highest BCUT2D eigenvalue weighted by molar-refractivity contribution is 8.00. The molecule has 2 aliphatic heterocycles. The summed E-state index contributed by atoms with van der Waals surface area (Å²) in [6.07, 6.45) is 0.712. The van der Waals surface area contributed by atoms with E-state index in [0.29, 0.717) is 40.0 Å². The predicted octanol–water partition coefficient (Wildman–Crippen LogP) is 7.33. The molecular weight excluding hydrogens is 607 g/mol. The average molecular weight is 636 g/mol. The van der Waals surface area contributed by atoms with Crippen molar-refractivity contribution in [2.75, 3.05) is 11.5 Å². The van der Waals surface area contributed by atoms with Gasteiger partial charge in [0.05, 0.1) is 18.2 Å². The summed E-state index contributed by atoms with van der Waals surface area (Å²) in [5.41, 5.74) is 3.14. The van der Waals surface area contributed by atoms with E-state index in [4.69, 9.17) is 9.47 Å². The third-order valence-electron chi connectivity index (χ3n) is 7.93. The second kappa shape index (κ2) is 12.0. The minimum atomic E-state index is -0.933. The molecule has 2 aliphatic rings. The molecule has 0 spiro atoms. The number of amides is 1. The van der Waals surface area contributed by atoms with Gasteiger partial charge >= 0.3 is 5.91 Å². The molecule has 226 valence electrons. The second-order valence-corrected chi connectivity index (χ2v) is 13.1. The Kier molecular flexibility index (Phi) is 7.76. The van der Waals surface area contributed by atoms with Crippen molar-refractivity contribution in [2.45, 2.75) is 42.5 Å². The number of ketones is 1. The van der Waals surface area contributed by atoms with Gasteiger partial charge < -0.3 is 14.6 Å². The number of nitrogens with zero attached hydrogens (tertiary/aromatic N) is 3. The highest BCUT2D eigenvalue weighted by Crippen LogP contribution is 2.45. The van der Waals surface area contributed by atoms with Crippen molar-refractivity contribution >= 4 is 56.5 Å². The first-order chi connectivity index (χ1) is 21.9. The van der Waals surface area contributed by atoms with Crippen LogP contribution in [0.15, 0.2) is 94.8 Å². The number of aliphatic hydroxyl groups is 1. The van der Waals surface area contributed by atoms with Gasteiger partial charge in [-0.15, -0.1) is 10.2 Å². The summed E-state index contributed by atoms with van der Waals surface area (Å²) in [5, 5.41) is 23.0. The molecule has 45 heavy (non-hydrogen) atoms. The van der Waals surface area contributed by atoms with E-state index in [9.17, 15) is 14.7 Å². The molecule has 1 amide bonds. The predicted molar refractivity (Wildman–Crippen MR) is 176 cm³/mol. The van der Waals surface area contributed by atoms with E-state index in [1.165, 1.54) is 33.4 Å². The van der Waals surface area contributed by atoms with Gasteiger partial charge in [0.1, 0.15) is 23.4 Å². The van der Waals surface area contributed by atoms with Crippen LogP contribution in [0, 0.1) is 0 Å². The van der Waals surface area contributed by atoms with Gasteiger partial charge in [0.2, 0.25) is 5.13 Å². The maximum atomic E-state index is 13.7. The fourth-order valence-electron chi connectivity index (χ4n) is 5.93. The van der Waals surface area contributed by atoms with Crippen molar-refractivity contribution in [3.8, 4) is 11.5 Å². The van der Waals surface area contributed by atoms with Crippen LogP contribution >= 0.6 is 23.1 Å². The van der Waals surface area contributed by atoms with Crippen molar-refractivity contribution < 1.29 is 24.2 Å². The Labute approximate surface area is 268 Å². The van der Waals surface area contributed by atoms with E-state index in [2.05, 4.69) is 34.5 Å². The quantitative estimate of drug-likeness (QED) is 0.0622. The van der Waals surface area contributed by atoms with Gasteiger partial charge in [-0.1, -0.05) is 77.7 Å². The maximum absolute atomic E-state index is 13.7. The second-order valence-electron chi connectivity index (χ2n) is 10.9. The lowest BCUT2D eigenvalue weighted by atomic mass is 9.94. The molecule has 0 aliphatic carbocycles. The molecule has 1 fully saturated rings. The van der Waals surface area contributed by atoms with E-state index in [1.807, 2.05) is 50.2 Å². The summed E-state index contributed by atoms with van der Waals surface area (Å²) >= 11 is 2.76. The van der Waals surface area contributed by atoms with Gasteiger partial charge in [-0.25, -0.2) is 0 Å². The fourth-order valence-corrected chi connectivity index (χ4v) is 7.80. The van der Waals surface area contributed by atoms with Gasteiger partial charge in [-0.2, -0.15) is 0 Å². The number of anilines is 1. The number of carbonyl (C=O) groups excluding carboxylic acids is 2. The molecule has 10 heteroatoms. The third-order valence-corrected chi connectivity index (χ3v) is 10.0. The van der Waals surface area contributed by atoms with Crippen LogP contribution in [-0.4, -0.2) is 39.7 Å². The molecule has 7 rings (SSSR count). The molecule has 4 aromatic carbocycles. The lowest BCUT2D eigenvalue weighted by Gasteiger charge is -2.23.